The van der Waals surface area contributed by atoms with E-state index in [-0.39, 0.29) is 18.2 Å². The summed E-state index contributed by atoms with van der Waals surface area (Å²) >= 11 is 0. The maximum atomic E-state index is 11.9. The van der Waals surface area contributed by atoms with Crippen molar-refractivity contribution in [3.63, 3.8) is 0 Å². The average Bonchev–Trinajstić information content (AvgIpc) is 3.25. The Balaban J connectivity index is 0.000000369. The lowest BCUT2D eigenvalue weighted by Gasteiger charge is -2.27. The molecule has 6 nitrogen and oxygen atoms in total. The van der Waals surface area contributed by atoms with E-state index in [0.29, 0.717) is 11.8 Å². The molecule has 1 saturated carbocycles. The topological polar surface area (TPSA) is 82.4 Å². The Hall–Kier alpha value is -2.81. The number of nitriles is 1. The molecule has 4 atom stereocenters. The largest absolute Gasteiger partial charge is 0.446 e. The summed E-state index contributed by atoms with van der Waals surface area (Å²) in [4.78, 5) is 23.8. The molecule has 1 aliphatic heterocycles. The van der Waals surface area contributed by atoms with Gasteiger partial charge < -0.3 is 9.64 Å². The van der Waals surface area contributed by atoms with Crippen LogP contribution in [0.1, 0.15) is 79.1 Å². The van der Waals surface area contributed by atoms with Crippen LogP contribution in [0, 0.1) is 23.2 Å². The highest BCUT2D eigenvalue weighted by molar-refractivity contribution is 5.84. The standard InChI is InChI=1S/C18H25NO2.C7H10N2O.C3H8/c1-3-5-9-15-13-17(12-14(15)4-2)21-18(20)19-16-10-7-6-8-11-16;8-5-7-3-1-2-4-9(7)6-10;1-3-2/h3,5-8,10-11,14-15,17H,4,9,12-13H2,1-2H3,(H,19,20);6-7H,1-4H2;3H2,1-2H3/b5-3-;;/t14-,15?,17?;;/m1../s1. The summed E-state index contributed by atoms with van der Waals surface area (Å²) in [5, 5.41) is 11.3. The number of rotatable bonds is 6. The zero-order valence-corrected chi connectivity index (χ0v) is 21.4. The quantitative estimate of drug-likeness (QED) is 0.361. The average molecular weight is 470 g/mol. The van der Waals surface area contributed by atoms with Crippen LogP contribution >= 0.6 is 0 Å². The molecule has 2 fully saturated rings. The minimum atomic E-state index is -0.340. The number of carbonyl (C=O) groups is 2. The minimum Gasteiger partial charge on any atom is -0.446 e. The molecule has 188 valence electrons. The number of ether oxygens (including phenoxy) is 1. The van der Waals surface area contributed by atoms with Crippen LogP contribution in [0.4, 0.5) is 10.5 Å². The lowest BCUT2D eigenvalue weighted by Crippen LogP contribution is -2.37. The number of nitrogens with one attached hydrogen (secondary N) is 1. The molecule has 6 heteroatoms. The first-order chi connectivity index (χ1) is 16.5. The number of anilines is 1. The van der Waals surface area contributed by atoms with Crippen molar-refractivity contribution in [2.45, 2.75) is 91.2 Å². The Morgan fingerprint density at radius 3 is 2.41 bits per heavy atom. The summed E-state index contributed by atoms with van der Waals surface area (Å²) in [6.07, 6.45) is 13.2. The molecule has 3 unspecified atom stereocenters. The van der Waals surface area contributed by atoms with E-state index in [1.54, 1.807) is 4.90 Å². The van der Waals surface area contributed by atoms with E-state index < -0.39 is 0 Å². The third-order valence-electron chi connectivity index (χ3n) is 6.12. The number of hydrogen-bond donors (Lipinski definition) is 1. The number of likely N-dealkylation sites (tertiary alicyclic amines) is 1. The van der Waals surface area contributed by atoms with Gasteiger partial charge in [-0.2, -0.15) is 5.26 Å². The maximum Gasteiger partial charge on any atom is 0.411 e. The number of allylic oxidation sites excluding steroid dienone is 2. The van der Waals surface area contributed by atoms with Crippen LogP contribution in [-0.2, 0) is 9.53 Å². The molecule has 2 amide bonds. The van der Waals surface area contributed by atoms with Crippen molar-refractivity contribution in [1.29, 1.82) is 5.26 Å². The van der Waals surface area contributed by atoms with Gasteiger partial charge in [-0.25, -0.2) is 4.79 Å². The fraction of sp³-hybridized carbons (Fsp3) is 0.607. The van der Waals surface area contributed by atoms with Crippen molar-refractivity contribution in [3.05, 3.63) is 42.5 Å². The number of piperidine rings is 1. The van der Waals surface area contributed by atoms with E-state index in [1.165, 1.54) is 6.42 Å². The molecule has 0 bridgehead atoms. The Morgan fingerprint density at radius 1 is 1.18 bits per heavy atom. The summed E-state index contributed by atoms with van der Waals surface area (Å²) in [5.74, 6) is 1.30. The zero-order valence-electron chi connectivity index (χ0n) is 21.4. The SMILES string of the molecule is C/C=C\CC1CC(OC(=O)Nc2ccccc2)C[C@H]1CC.CCC.N#CC1CCCCN1C=O. The Kier molecular flexibility index (Phi) is 15.2. The van der Waals surface area contributed by atoms with Gasteiger partial charge in [0.25, 0.3) is 0 Å². The minimum absolute atomic E-state index is 0.0499. The zero-order chi connectivity index (χ0) is 25.2. The fourth-order valence-electron chi connectivity index (χ4n) is 4.39. The van der Waals surface area contributed by atoms with Gasteiger partial charge in [0.05, 0.1) is 6.07 Å². The molecule has 0 radical (unpaired) electrons. The summed E-state index contributed by atoms with van der Waals surface area (Å²) in [6, 6.07) is 11.4. The van der Waals surface area contributed by atoms with E-state index in [1.807, 2.05) is 30.3 Å². The van der Waals surface area contributed by atoms with Gasteiger partial charge in [0.15, 0.2) is 0 Å². The second kappa shape index (κ2) is 17.6. The number of carbonyl (C=O) groups excluding carboxylic acids is 2. The molecule has 1 aromatic carbocycles. The van der Waals surface area contributed by atoms with Gasteiger partial charge in [-0.15, -0.1) is 0 Å². The van der Waals surface area contributed by atoms with Gasteiger partial charge in [-0.3, -0.25) is 10.1 Å². The number of para-hydroxylation sites is 1. The summed E-state index contributed by atoms with van der Waals surface area (Å²) in [7, 11) is 0. The monoisotopic (exact) mass is 469 g/mol. The van der Waals surface area contributed by atoms with Gasteiger partial charge in [0, 0.05) is 12.2 Å². The first-order valence-corrected chi connectivity index (χ1v) is 12.8. The summed E-state index contributed by atoms with van der Waals surface area (Å²) in [5.41, 5.74) is 0.776. The van der Waals surface area contributed by atoms with Crippen molar-refractivity contribution < 1.29 is 14.3 Å². The molecule has 1 saturated heterocycles. The molecule has 0 spiro atoms. The third kappa shape index (κ3) is 10.9. The van der Waals surface area contributed by atoms with Gasteiger partial charge in [0.1, 0.15) is 12.1 Å². The van der Waals surface area contributed by atoms with Crippen molar-refractivity contribution in [2.24, 2.45) is 11.8 Å². The van der Waals surface area contributed by atoms with E-state index in [0.717, 1.165) is 63.6 Å². The smallest absolute Gasteiger partial charge is 0.411 e. The van der Waals surface area contributed by atoms with Crippen LogP contribution in [0.25, 0.3) is 0 Å². The highest BCUT2D eigenvalue weighted by Crippen LogP contribution is 2.38. The molecular formula is C28H43N3O3. The van der Waals surface area contributed by atoms with Gasteiger partial charge in [0.2, 0.25) is 6.41 Å². The van der Waals surface area contributed by atoms with E-state index in [2.05, 4.69) is 51.2 Å². The second-order valence-corrected chi connectivity index (χ2v) is 8.91. The van der Waals surface area contributed by atoms with E-state index in [9.17, 15) is 9.59 Å². The van der Waals surface area contributed by atoms with Crippen molar-refractivity contribution in [3.8, 4) is 6.07 Å². The van der Waals surface area contributed by atoms with E-state index in [4.69, 9.17) is 10.00 Å². The Bertz CT molecular complexity index is 760. The van der Waals surface area contributed by atoms with Crippen LogP contribution < -0.4 is 5.32 Å². The molecule has 1 heterocycles. The molecular weight excluding hydrogens is 426 g/mol. The highest BCUT2D eigenvalue weighted by atomic mass is 16.6. The Labute approximate surface area is 206 Å². The van der Waals surface area contributed by atoms with Gasteiger partial charge >= 0.3 is 6.09 Å². The fourth-order valence-corrected chi connectivity index (χ4v) is 4.39. The predicted octanol–water partition coefficient (Wildman–Crippen LogP) is 6.94. The van der Waals surface area contributed by atoms with Crippen LogP contribution in [0.5, 0.6) is 0 Å². The lowest BCUT2D eigenvalue weighted by molar-refractivity contribution is -0.120. The lowest BCUT2D eigenvalue weighted by atomic mass is 9.91. The van der Waals surface area contributed by atoms with Crippen molar-refractivity contribution in [2.75, 3.05) is 11.9 Å². The van der Waals surface area contributed by atoms with E-state index >= 15 is 0 Å². The normalized spacial score (nSPS) is 23.6. The first kappa shape index (κ1) is 29.2. The number of hydrogen-bond acceptors (Lipinski definition) is 4. The van der Waals surface area contributed by atoms with Crippen LogP contribution in [0.2, 0.25) is 0 Å². The van der Waals surface area contributed by atoms with Crippen LogP contribution in [0.3, 0.4) is 0 Å². The highest BCUT2D eigenvalue weighted by Gasteiger charge is 2.34. The summed E-state index contributed by atoms with van der Waals surface area (Å²) in [6.45, 7) is 9.28. The van der Waals surface area contributed by atoms with Gasteiger partial charge in [-0.1, -0.05) is 64.0 Å². The third-order valence-corrected chi connectivity index (χ3v) is 6.12. The molecule has 1 N–H and O–H groups in total. The van der Waals surface area contributed by atoms with Gasteiger partial charge in [-0.05, 0) is 69.4 Å². The Morgan fingerprint density at radius 2 is 1.85 bits per heavy atom. The molecule has 2 aliphatic rings. The van der Waals surface area contributed by atoms with Crippen molar-refractivity contribution in [1.82, 2.24) is 4.90 Å². The molecule has 3 rings (SSSR count). The van der Waals surface area contributed by atoms with Crippen LogP contribution in [-0.4, -0.2) is 36.1 Å². The van der Waals surface area contributed by atoms with Crippen LogP contribution in [0.15, 0.2) is 42.5 Å². The molecule has 34 heavy (non-hydrogen) atoms. The maximum absolute atomic E-state index is 11.9. The number of nitrogens with zero attached hydrogens (tertiary/aromatic N) is 2. The first-order valence-electron chi connectivity index (χ1n) is 12.8. The van der Waals surface area contributed by atoms with Crippen molar-refractivity contribution >= 4 is 18.2 Å². The molecule has 1 aliphatic carbocycles. The summed E-state index contributed by atoms with van der Waals surface area (Å²) < 4.78 is 5.58. The second-order valence-electron chi connectivity index (χ2n) is 8.91. The number of benzene rings is 1. The predicted molar refractivity (Wildman–Crippen MR) is 138 cm³/mol. The molecule has 0 aromatic heterocycles. The number of amides is 2. The molecule has 1 aromatic rings.